The molecule has 0 amide bonds. The lowest BCUT2D eigenvalue weighted by atomic mass is 9.45. The van der Waals surface area contributed by atoms with Crippen LogP contribution in [0.2, 0.25) is 5.02 Å². The summed E-state index contributed by atoms with van der Waals surface area (Å²) in [6.45, 7) is 57.0. The smallest absolute Gasteiger partial charge is 0.127 e. The topological polar surface area (TPSA) is 130 Å². The molecule has 21 fully saturated rings. The molecule has 776 valence electrons. The lowest BCUT2D eigenvalue weighted by Gasteiger charge is -2.62. The van der Waals surface area contributed by atoms with Crippen LogP contribution >= 0.6 is 50.1 Å². The average Bonchev–Trinajstić information content (AvgIpc) is 0.743. The van der Waals surface area contributed by atoms with Gasteiger partial charge < -0.3 is 60.9 Å². The second-order valence-electron chi connectivity index (χ2n) is 50.9. The molecule has 12 nitrogen and oxygen atoms in total. The number of methoxy groups -OCH3 is 5. The number of nitrogens with one attached hydrogen (secondary N) is 7. The number of halogens is 5. The number of benzene rings is 7. The summed E-state index contributed by atoms with van der Waals surface area (Å²) in [6, 6.07) is 54.1. The fraction of sp³-hybridized carbons (Fsp3) is 0.661. The van der Waals surface area contributed by atoms with Crippen molar-refractivity contribution >= 4 is 50.1 Å². The first kappa shape index (κ1) is 110. The zero-order valence-electron chi connectivity index (χ0n) is 90.9. The molecule has 7 N–H and O–H groups in total. The molecule has 0 saturated heterocycles. The van der Waals surface area contributed by atoms with Gasteiger partial charge in [0.1, 0.15) is 40.4 Å². The van der Waals surface area contributed by atoms with Gasteiger partial charge in [-0.15, -0.1) is 0 Å². The Bertz CT molecular complexity index is 5170. The van der Waals surface area contributed by atoms with Gasteiger partial charge >= 0.3 is 0 Å². The van der Waals surface area contributed by atoms with Crippen molar-refractivity contribution in [3.63, 3.8) is 0 Å². The largest absolute Gasteiger partial charge is 0.497 e. The van der Waals surface area contributed by atoms with E-state index in [0.717, 1.165) is 209 Å². The Labute approximate surface area is 878 Å². The molecule has 7 aromatic rings. The molecule has 28 rings (SSSR count). The maximum atomic E-state index is 13.6. The van der Waals surface area contributed by atoms with Gasteiger partial charge in [0.15, 0.2) is 0 Å². The van der Waals surface area contributed by atoms with Crippen LogP contribution in [0.15, 0.2) is 156 Å². The third-order valence-electron chi connectivity index (χ3n) is 42.3. The summed E-state index contributed by atoms with van der Waals surface area (Å²) in [5, 5.41) is 27.0. The van der Waals surface area contributed by atoms with E-state index in [2.05, 4.69) is 300 Å². The van der Waals surface area contributed by atoms with Crippen LogP contribution in [0.4, 0.5) is 8.78 Å². The van der Waals surface area contributed by atoms with Crippen LogP contribution in [0.25, 0.3) is 0 Å². The summed E-state index contributed by atoms with van der Waals surface area (Å²) in [6.07, 6.45) is 19.2. The van der Waals surface area contributed by atoms with Gasteiger partial charge in [-0.3, -0.25) is 0 Å². The molecule has 0 radical (unpaired) electrons. The van der Waals surface area contributed by atoms with E-state index in [1.807, 2.05) is 54.6 Å². The number of hydrogen-bond donors (Lipinski definition) is 7. The fourth-order valence-electron chi connectivity index (χ4n) is 31.2. The van der Waals surface area contributed by atoms with E-state index in [4.69, 9.17) is 35.3 Å². The Hall–Kier alpha value is -5.38. The summed E-state index contributed by atoms with van der Waals surface area (Å²) >= 11 is 11.9. The molecular weight excluding hydrogens is 1950 g/mol. The molecule has 28 atom stereocenters. The van der Waals surface area contributed by atoms with Gasteiger partial charge in [0.2, 0.25) is 0 Å². The molecule has 7 aromatic carbocycles. The molecule has 141 heavy (non-hydrogen) atoms. The third kappa shape index (κ3) is 23.6. The summed E-state index contributed by atoms with van der Waals surface area (Å²) in [7, 11) is 8.63. The fourth-order valence-corrected chi connectivity index (χ4v) is 32.2. The normalized spacial score (nSPS) is 34.3. The number of para-hydroxylation sites is 1. The third-order valence-corrected chi connectivity index (χ3v) is 43.7. The lowest BCUT2D eigenvalue weighted by Crippen LogP contribution is -2.59. The van der Waals surface area contributed by atoms with Crippen molar-refractivity contribution in [2.75, 3.05) is 35.5 Å². The van der Waals surface area contributed by atoms with Gasteiger partial charge in [-0.2, -0.15) is 0 Å². The molecule has 21 saturated carbocycles. The summed E-state index contributed by atoms with van der Waals surface area (Å²) in [5.41, 5.74) is 11.9. The first-order valence-corrected chi connectivity index (χ1v) is 56.9. The van der Waals surface area contributed by atoms with Crippen molar-refractivity contribution < 1.29 is 32.5 Å². The molecule has 0 heterocycles. The van der Waals surface area contributed by atoms with Crippen LogP contribution in [0.3, 0.4) is 0 Å². The van der Waals surface area contributed by atoms with E-state index >= 15 is 0 Å². The monoisotopic (exact) mass is 2130 g/mol. The Kier molecular flexibility index (Phi) is 35.5. The molecule has 0 aromatic heterocycles. The van der Waals surface area contributed by atoms with Crippen LogP contribution in [0.1, 0.15) is 274 Å². The zero-order valence-corrected chi connectivity index (χ0v) is 95.4. The Morgan fingerprint density at radius 1 is 0.298 bits per heavy atom. The minimum absolute atomic E-state index is 0.326. The van der Waals surface area contributed by atoms with Gasteiger partial charge in [0.25, 0.3) is 0 Å². The van der Waals surface area contributed by atoms with Crippen LogP contribution in [-0.2, 0) is 45.8 Å². The highest BCUT2D eigenvalue weighted by atomic mass is 127. The van der Waals surface area contributed by atoms with Crippen LogP contribution in [0, 0.1) is 177 Å². The molecule has 0 aliphatic heterocycles. The minimum atomic E-state index is -0.371. The van der Waals surface area contributed by atoms with Crippen molar-refractivity contribution in [3.8, 4) is 28.7 Å². The standard InChI is InChI=1S/2C19H29NO2.C18H27NO.C17H24BrN.C17H24ClN.C17H23F2N.C17H24IN/c1-12-16-9-14(19(16,2)3)10-17(12)20-11-13-8-15(21-4)6-7-18(13)22-5;1-12-15-9-13(19(15,2)3)10-16(12)20-11-14-17(21-4)7-6-8-18(14)22-5;1-12-15-9-14(18(15,2)3)10-16(12)19-11-13-7-5-6-8-17(13)20-4;2*1-11-15-8-13(17(15,2)3)9-16(11)19-10-12-5-4-6-14(18)7-12;1-10-14-7-12(17(14,2)3)8-16(10)20-9-11-6-13(18)4-5-15(11)19;1-11-15-8-13(17(15,2)3)9-16(11)19-10-12-4-6-14(18)7-5-12/h6-8,12,14,16-17,20H,9-11H2,1-5H3;6-8,12-13,15-16,20H,9-11H2,1-5H3;5-8,12,14-16,19H,9-11H2,1-4H3;2*4-7,11,13,15-16,19H,8-10H2,1-3H3;4-6,10,12,14,16,20H,7-9H2,1-3H3;4-7,11,13,15-16,19H,8-10H2,1-3H3/t12-,14+,16-,17-;12-,13+,15-,16-;12-,14+,15-,16-;2*11-,13+,15-,16-;10-,12+,14-,16-;11-,13+,15-,16-/m0000000/s1. The van der Waals surface area contributed by atoms with Crippen molar-refractivity contribution in [2.24, 2.45) is 162 Å². The van der Waals surface area contributed by atoms with E-state index in [1.165, 1.54) is 138 Å². The maximum absolute atomic E-state index is 13.6. The van der Waals surface area contributed by atoms with Crippen molar-refractivity contribution in [1.82, 2.24) is 37.2 Å². The summed E-state index contributed by atoms with van der Waals surface area (Å²) < 4.78 is 56.5. The van der Waals surface area contributed by atoms with Gasteiger partial charge in [0, 0.05) is 123 Å². The van der Waals surface area contributed by atoms with Gasteiger partial charge in [-0.1, -0.05) is 234 Å². The molecular formula is C124H180BrClF2IN7O5. The Morgan fingerprint density at radius 2 is 0.610 bits per heavy atom. The number of ether oxygens (including phenoxy) is 5. The predicted molar refractivity (Wildman–Crippen MR) is 592 cm³/mol. The van der Waals surface area contributed by atoms with Gasteiger partial charge in [-0.25, -0.2) is 8.78 Å². The van der Waals surface area contributed by atoms with E-state index < -0.39 is 0 Å². The van der Waals surface area contributed by atoms with E-state index in [0.29, 0.717) is 92.2 Å². The lowest BCUT2D eigenvalue weighted by molar-refractivity contribution is -0.115. The quantitative estimate of drug-likeness (QED) is 0.0261. The highest BCUT2D eigenvalue weighted by molar-refractivity contribution is 14.1. The highest BCUT2D eigenvalue weighted by Gasteiger charge is 2.62. The summed E-state index contributed by atoms with van der Waals surface area (Å²) in [5.74, 6) is 21.6. The van der Waals surface area contributed by atoms with Gasteiger partial charge in [-0.05, 0) is 382 Å². The van der Waals surface area contributed by atoms with Crippen molar-refractivity contribution in [1.29, 1.82) is 0 Å². The first-order chi connectivity index (χ1) is 66.8. The number of rotatable bonds is 26. The van der Waals surface area contributed by atoms with Crippen LogP contribution in [0.5, 0.6) is 28.7 Å². The van der Waals surface area contributed by atoms with Gasteiger partial charge in [0.05, 0.1) is 35.5 Å². The Balaban J connectivity index is 0.000000124. The zero-order chi connectivity index (χ0) is 101. The highest BCUT2D eigenvalue weighted by Crippen LogP contribution is 2.67. The molecule has 21 aliphatic rings. The molecule has 17 heteroatoms. The number of fused-ring (bicyclic) bond motifs is 14. The summed E-state index contributed by atoms with van der Waals surface area (Å²) in [4.78, 5) is 0. The molecule has 21 aliphatic carbocycles. The molecule has 0 unspecified atom stereocenters. The number of hydrogen-bond acceptors (Lipinski definition) is 12. The van der Waals surface area contributed by atoms with Crippen molar-refractivity contribution in [2.45, 2.75) is 323 Å². The minimum Gasteiger partial charge on any atom is -0.497 e. The van der Waals surface area contributed by atoms with Crippen LogP contribution < -0.4 is 60.9 Å². The van der Waals surface area contributed by atoms with E-state index in [9.17, 15) is 8.78 Å². The first-order valence-electron chi connectivity index (χ1n) is 54.7. The Morgan fingerprint density at radius 3 is 0.957 bits per heavy atom. The second kappa shape index (κ2) is 45.6. The average molecular weight is 2130 g/mol. The van der Waals surface area contributed by atoms with E-state index in [-0.39, 0.29) is 11.6 Å². The van der Waals surface area contributed by atoms with Crippen molar-refractivity contribution in [3.05, 3.63) is 215 Å². The molecule has 0 spiro atoms. The van der Waals surface area contributed by atoms with E-state index in [1.54, 1.807) is 35.5 Å². The maximum Gasteiger partial charge on any atom is 0.127 e. The van der Waals surface area contributed by atoms with Crippen LogP contribution in [-0.4, -0.2) is 77.8 Å². The predicted octanol–water partition coefficient (Wildman–Crippen LogP) is 29.3. The second-order valence-corrected chi connectivity index (χ2v) is 53.4. The SMILES string of the molecule is COc1ccc(OC)c(CN[C@H]2C[C@H]3C[C@@H]([C@@H]2C)C3(C)C)c1.COc1cccc(OC)c1CN[C@H]1C[C@H]2C[C@@H]([C@@H]1C)C2(C)C.COc1ccccc1CN[C@H]1C[C@H]2C[C@@H]([C@@H]1C)C2(C)C.C[C@@H]1[C@@H](NCc2cc(F)ccc2F)C[C@H]2C[C@@H]1C2(C)C.C[C@@H]1[C@@H](NCc2ccc(I)cc2)C[C@H]2C[C@@H]1C2(C)C.C[C@@H]1[C@@H](NCc2cccc(Br)c2)C[C@H]2C[C@@H]1C2(C)C.C[C@@H]1[C@@H](NCc2cccc(Cl)c2)C[C@H]2C[C@@H]1C2(C)C. The molecule has 14 bridgehead atoms.